The zero-order valence-corrected chi connectivity index (χ0v) is 16.0. The molecule has 0 unspecified atom stereocenters. The standard InChI is InChI=1S/C21H24N2O5/c1-26-19-12-15-14-8-5-6-9-17(14)28-18(15)13-16(19)23-21(25)22-11-7-3-4-10-20(24)27-2/h5-6,8-9,12-13H,3-4,7,10-11H2,1-2H3,(H2,22,23,25). The minimum Gasteiger partial charge on any atom is -0.495 e. The van der Waals surface area contributed by atoms with Crippen molar-refractivity contribution in [3.63, 3.8) is 0 Å². The molecule has 0 aliphatic rings. The van der Waals surface area contributed by atoms with Gasteiger partial charge in [-0.05, 0) is 25.0 Å². The van der Waals surface area contributed by atoms with Gasteiger partial charge in [0.15, 0.2) is 0 Å². The lowest BCUT2D eigenvalue weighted by molar-refractivity contribution is -0.140. The van der Waals surface area contributed by atoms with Gasteiger partial charge in [-0.3, -0.25) is 4.79 Å². The topological polar surface area (TPSA) is 89.8 Å². The molecule has 28 heavy (non-hydrogen) atoms. The number of ether oxygens (including phenoxy) is 2. The number of unbranched alkanes of at least 4 members (excludes halogenated alkanes) is 2. The second kappa shape index (κ2) is 9.12. The third-order valence-corrected chi connectivity index (χ3v) is 4.52. The number of anilines is 1. The number of furan rings is 1. The molecule has 0 spiro atoms. The first kappa shape index (κ1) is 19.5. The smallest absolute Gasteiger partial charge is 0.319 e. The Morgan fingerprint density at radius 2 is 1.82 bits per heavy atom. The van der Waals surface area contributed by atoms with Gasteiger partial charge in [-0.25, -0.2) is 4.79 Å². The first-order valence-electron chi connectivity index (χ1n) is 9.23. The fraction of sp³-hybridized carbons (Fsp3) is 0.333. The zero-order valence-electron chi connectivity index (χ0n) is 16.0. The number of benzene rings is 2. The molecule has 3 rings (SSSR count). The number of fused-ring (bicyclic) bond motifs is 3. The van der Waals surface area contributed by atoms with Crippen LogP contribution in [0.15, 0.2) is 40.8 Å². The Kier molecular flexibility index (Phi) is 6.37. The second-order valence-electron chi connectivity index (χ2n) is 6.41. The number of para-hydroxylation sites is 1. The molecule has 0 aliphatic heterocycles. The molecule has 0 fully saturated rings. The lowest BCUT2D eigenvalue weighted by atomic mass is 10.1. The fourth-order valence-electron chi connectivity index (χ4n) is 3.06. The zero-order chi connectivity index (χ0) is 19.9. The maximum absolute atomic E-state index is 12.2. The Balaban J connectivity index is 1.59. The molecule has 0 radical (unpaired) electrons. The van der Waals surface area contributed by atoms with E-state index in [1.807, 2.05) is 30.3 Å². The third-order valence-electron chi connectivity index (χ3n) is 4.52. The van der Waals surface area contributed by atoms with Crippen LogP contribution in [-0.2, 0) is 9.53 Å². The van der Waals surface area contributed by atoms with Gasteiger partial charge in [-0.1, -0.05) is 24.6 Å². The van der Waals surface area contributed by atoms with Crippen molar-refractivity contribution >= 4 is 39.6 Å². The molecule has 2 amide bonds. The van der Waals surface area contributed by atoms with Crippen molar-refractivity contribution in [2.45, 2.75) is 25.7 Å². The van der Waals surface area contributed by atoms with Crippen molar-refractivity contribution in [2.75, 3.05) is 26.1 Å². The molecule has 0 aliphatic carbocycles. The molecule has 0 saturated carbocycles. The summed E-state index contributed by atoms with van der Waals surface area (Å²) in [6.07, 6.45) is 2.76. The van der Waals surface area contributed by atoms with Crippen LogP contribution < -0.4 is 15.4 Å². The summed E-state index contributed by atoms with van der Waals surface area (Å²) in [7, 11) is 2.94. The van der Waals surface area contributed by atoms with Crippen LogP contribution in [0.4, 0.5) is 10.5 Å². The number of amides is 2. The predicted molar refractivity (Wildman–Crippen MR) is 108 cm³/mol. The van der Waals surface area contributed by atoms with E-state index < -0.39 is 0 Å². The lowest BCUT2D eigenvalue weighted by Crippen LogP contribution is -2.29. The average molecular weight is 384 g/mol. The number of carbonyl (C=O) groups excluding carboxylic acids is 2. The number of methoxy groups -OCH3 is 2. The average Bonchev–Trinajstić information content (AvgIpc) is 3.07. The van der Waals surface area contributed by atoms with Gasteiger partial charge in [0, 0.05) is 29.8 Å². The van der Waals surface area contributed by atoms with Crippen molar-refractivity contribution in [1.29, 1.82) is 0 Å². The van der Waals surface area contributed by atoms with E-state index in [2.05, 4.69) is 15.4 Å². The number of rotatable bonds is 8. The van der Waals surface area contributed by atoms with Crippen molar-refractivity contribution in [3.05, 3.63) is 36.4 Å². The quantitative estimate of drug-likeness (QED) is 0.442. The lowest BCUT2D eigenvalue weighted by Gasteiger charge is -2.11. The van der Waals surface area contributed by atoms with E-state index in [0.29, 0.717) is 30.0 Å². The van der Waals surface area contributed by atoms with Gasteiger partial charge in [0.1, 0.15) is 16.9 Å². The summed E-state index contributed by atoms with van der Waals surface area (Å²) in [5.74, 6) is 0.353. The van der Waals surface area contributed by atoms with Crippen LogP contribution in [0.2, 0.25) is 0 Å². The normalized spacial score (nSPS) is 10.8. The van der Waals surface area contributed by atoms with Crippen molar-refractivity contribution in [3.8, 4) is 5.75 Å². The molecule has 7 nitrogen and oxygen atoms in total. The molecular weight excluding hydrogens is 360 g/mol. The maximum Gasteiger partial charge on any atom is 0.319 e. The van der Waals surface area contributed by atoms with E-state index in [4.69, 9.17) is 9.15 Å². The van der Waals surface area contributed by atoms with Gasteiger partial charge in [-0.15, -0.1) is 0 Å². The molecule has 1 aromatic heterocycles. The van der Waals surface area contributed by atoms with Crippen molar-refractivity contribution in [2.24, 2.45) is 0 Å². The highest BCUT2D eigenvalue weighted by Gasteiger charge is 2.13. The van der Waals surface area contributed by atoms with E-state index in [1.165, 1.54) is 7.11 Å². The van der Waals surface area contributed by atoms with Gasteiger partial charge in [-0.2, -0.15) is 0 Å². The van der Waals surface area contributed by atoms with Crippen LogP contribution in [0.3, 0.4) is 0 Å². The van der Waals surface area contributed by atoms with Crippen LogP contribution in [0, 0.1) is 0 Å². The van der Waals surface area contributed by atoms with E-state index in [9.17, 15) is 9.59 Å². The molecular formula is C21H24N2O5. The molecule has 3 aromatic rings. The van der Waals surface area contributed by atoms with Crippen molar-refractivity contribution in [1.82, 2.24) is 5.32 Å². The number of esters is 1. The number of hydrogen-bond donors (Lipinski definition) is 2. The highest BCUT2D eigenvalue weighted by atomic mass is 16.5. The van der Waals surface area contributed by atoms with Crippen LogP contribution in [0.5, 0.6) is 5.75 Å². The summed E-state index contributed by atoms with van der Waals surface area (Å²) >= 11 is 0. The Bertz CT molecular complexity index is 979. The molecule has 1 heterocycles. The Morgan fingerprint density at radius 1 is 1.00 bits per heavy atom. The number of carbonyl (C=O) groups is 2. The van der Waals surface area contributed by atoms with E-state index in [0.717, 1.165) is 35.6 Å². The first-order chi connectivity index (χ1) is 13.6. The molecule has 0 saturated heterocycles. The van der Waals surface area contributed by atoms with E-state index in [-0.39, 0.29) is 12.0 Å². The summed E-state index contributed by atoms with van der Waals surface area (Å²) in [5.41, 5.74) is 2.01. The number of urea groups is 1. The third kappa shape index (κ3) is 4.54. The molecule has 0 atom stereocenters. The minimum absolute atomic E-state index is 0.209. The maximum atomic E-state index is 12.2. The monoisotopic (exact) mass is 384 g/mol. The van der Waals surface area contributed by atoms with Crippen LogP contribution in [-0.4, -0.2) is 32.8 Å². The number of nitrogens with one attached hydrogen (secondary N) is 2. The molecule has 2 N–H and O–H groups in total. The predicted octanol–water partition coefficient (Wildman–Crippen LogP) is 4.45. The fourth-order valence-corrected chi connectivity index (χ4v) is 3.06. The van der Waals surface area contributed by atoms with Crippen LogP contribution >= 0.6 is 0 Å². The van der Waals surface area contributed by atoms with Gasteiger partial charge >= 0.3 is 12.0 Å². The second-order valence-corrected chi connectivity index (χ2v) is 6.41. The van der Waals surface area contributed by atoms with Crippen LogP contribution in [0.1, 0.15) is 25.7 Å². The largest absolute Gasteiger partial charge is 0.495 e. The highest BCUT2D eigenvalue weighted by molar-refractivity contribution is 6.07. The first-order valence-corrected chi connectivity index (χ1v) is 9.23. The Hall–Kier alpha value is -3.22. The van der Waals surface area contributed by atoms with Crippen molar-refractivity contribution < 1.29 is 23.5 Å². The van der Waals surface area contributed by atoms with E-state index in [1.54, 1.807) is 13.2 Å². The highest BCUT2D eigenvalue weighted by Crippen LogP contribution is 2.36. The van der Waals surface area contributed by atoms with E-state index >= 15 is 0 Å². The minimum atomic E-state index is -0.318. The van der Waals surface area contributed by atoms with Gasteiger partial charge in [0.2, 0.25) is 0 Å². The SMILES string of the molecule is COC(=O)CCCCCNC(=O)Nc1cc2oc3ccccc3c2cc1OC. The van der Waals surface area contributed by atoms with Crippen LogP contribution in [0.25, 0.3) is 21.9 Å². The summed E-state index contributed by atoms with van der Waals surface area (Å²) in [6, 6.07) is 11.1. The van der Waals surface area contributed by atoms with Gasteiger partial charge < -0.3 is 24.5 Å². The molecule has 148 valence electrons. The molecule has 0 bridgehead atoms. The molecule has 2 aromatic carbocycles. The molecule has 7 heteroatoms. The summed E-state index contributed by atoms with van der Waals surface area (Å²) in [4.78, 5) is 23.2. The summed E-state index contributed by atoms with van der Waals surface area (Å²) < 4.78 is 15.9. The Labute approximate surface area is 163 Å². The van der Waals surface area contributed by atoms with Gasteiger partial charge in [0.25, 0.3) is 0 Å². The number of hydrogen-bond acceptors (Lipinski definition) is 5. The Morgan fingerprint density at radius 3 is 2.61 bits per heavy atom. The van der Waals surface area contributed by atoms with Gasteiger partial charge in [0.05, 0.1) is 19.9 Å². The summed E-state index contributed by atoms with van der Waals surface area (Å²) in [6.45, 7) is 0.516. The summed E-state index contributed by atoms with van der Waals surface area (Å²) in [5, 5.41) is 7.55.